The molecule has 0 aliphatic carbocycles. The van der Waals surface area contributed by atoms with Crippen LogP contribution >= 0.6 is 0 Å². The van der Waals surface area contributed by atoms with Crippen molar-refractivity contribution < 1.29 is 4.79 Å². The van der Waals surface area contributed by atoms with Crippen LogP contribution in [0.4, 0.5) is 0 Å². The fourth-order valence-corrected chi connectivity index (χ4v) is 2.91. The second-order valence-electron chi connectivity index (χ2n) is 6.19. The topological polar surface area (TPSA) is 56.9 Å². The van der Waals surface area contributed by atoms with Crippen molar-refractivity contribution in [2.24, 2.45) is 0 Å². The number of benzene rings is 2. The van der Waals surface area contributed by atoms with Crippen molar-refractivity contribution in [2.75, 3.05) is 0 Å². The van der Waals surface area contributed by atoms with E-state index < -0.39 is 0 Å². The molecule has 0 N–H and O–H groups in total. The van der Waals surface area contributed by atoms with Gasteiger partial charge in [0.1, 0.15) is 0 Å². The Balaban J connectivity index is 1.62. The molecule has 0 amide bonds. The first-order valence-corrected chi connectivity index (χ1v) is 8.61. The molecule has 132 valence electrons. The molecule has 0 aliphatic rings. The SMILES string of the molecule is O=C(Cc1ccccc1)n1cc(-c2ccc(=O)n(-c3ccccc3)c2)cn1. The Morgan fingerprint density at radius 2 is 1.52 bits per heavy atom. The van der Waals surface area contributed by atoms with Gasteiger partial charge in [-0.15, -0.1) is 0 Å². The Labute approximate surface area is 156 Å². The zero-order valence-electron chi connectivity index (χ0n) is 14.5. The van der Waals surface area contributed by atoms with Gasteiger partial charge in [-0.25, -0.2) is 4.68 Å². The van der Waals surface area contributed by atoms with E-state index in [1.165, 1.54) is 10.7 Å². The lowest BCUT2D eigenvalue weighted by Crippen LogP contribution is -2.16. The van der Waals surface area contributed by atoms with Gasteiger partial charge in [0.25, 0.3) is 11.5 Å². The highest BCUT2D eigenvalue weighted by Gasteiger charge is 2.10. The molecule has 27 heavy (non-hydrogen) atoms. The number of aromatic nitrogens is 3. The maximum absolute atomic E-state index is 12.4. The summed E-state index contributed by atoms with van der Waals surface area (Å²) in [5, 5.41) is 4.19. The average molecular weight is 355 g/mol. The van der Waals surface area contributed by atoms with Crippen LogP contribution in [0.15, 0.2) is 96.2 Å². The Kier molecular flexibility index (Phi) is 4.49. The van der Waals surface area contributed by atoms with Crippen molar-refractivity contribution in [3.05, 3.63) is 107 Å². The minimum atomic E-state index is -0.113. The molecule has 0 aliphatic heterocycles. The van der Waals surface area contributed by atoms with Crippen LogP contribution in [-0.4, -0.2) is 20.3 Å². The highest BCUT2D eigenvalue weighted by Crippen LogP contribution is 2.18. The Bertz CT molecular complexity index is 1130. The quantitative estimate of drug-likeness (QED) is 0.562. The van der Waals surface area contributed by atoms with Gasteiger partial charge >= 0.3 is 0 Å². The lowest BCUT2D eigenvalue weighted by molar-refractivity contribution is 0.0898. The summed E-state index contributed by atoms with van der Waals surface area (Å²) in [6.07, 6.45) is 5.38. The van der Waals surface area contributed by atoms with Gasteiger partial charge in [0, 0.05) is 35.3 Å². The monoisotopic (exact) mass is 355 g/mol. The minimum Gasteiger partial charge on any atom is -0.284 e. The molecule has 2 heterocycles. The lowest BCUT2D eigenvalue weighted by Gasteiger charge is -2.07. The van der Waals surface area contributed by atoms with Crippen molar-refractivity contribution >= 4 is 5.91 Å². The normalized spacial score (nSPS) is 10.7. The standard InChI is InChI=1S/C22H17N3O2/c26-21-12-11-18(15-24(21)20-9-5-2-6-10-20)19-14-23-25(16-19)22(27)13-17-7-3-1-4-8-17/h1-12,14-16H,13H2. The van der Waals surface area contributed by atoms with Crippen LogP contribution in [0.25, 0.3) is 16.8 Å². The highest BCUT2D eigenvalue weighted by molar-refractivity contribution is 5.81. The summed E-state index contributed by atoms with van der Waals surface area (Å²) in [6.45, 7) is 0. The van der Waals surface area contributed by atoms with Crippen molar-refractivity contribution in [1.29, 1.82) is 0 Å². The van der Waals surface area contributed by atoms with Crippen molar-refractivity contribution in [3.8, 4) is 16.8 Å². The van der Waals surface area contributed by atoms with Crippen molar-refractivity contribution in [2.45, 2.75) is 6.42 Å². The fraction of sp³-hybridized carbons (Fsp3) is 0.0455. The third kappa shape index (κ3) is 3.62. The number of pyridine rings is 1. The van der Waals surface area contributed by atoms with E-state index in [2.05, 4.69) is 5.10 Å². The van der Waals surface area contributed by atoms with E-state index in [4.69, 9.17) is 0 Å². The molecule has 0 radical (unpaired) electrons. The fourth-order valence-electron chi connectivity index (χ4n) is 2.91. The van der Waals surface area contributed by atoms with Gasteiger partial charge in [-0.05, 0) is 23.8 Å². The molecule has 0 fully saturated rings. The second kappa shape index (κ2) is 7.25. The molecular weight excluding hydrogens is 338 g/mol. The third-order valence-electron chi connectivity index (χ3n) is 4.32. The number of para-hydroxylation sites is 1. The van der Waals surface area contributed by atoms with E-state index in [0.29, 0.717) is 0 Å². The summed E-state index contributed by atoms with van der Waals surface area (Å²) >= 11 is 0. The van der Waals surface area contributed by atoms with Gasteiger partial charge in [0.2, 0.25) is 0 Å². The van der Waals surface area contributed by atoms with Gasteiger partial charge in [-0.2, -0.15) is 5.10 Å². The molecule has 5 heteroatoms. The molecular formula is C22H17N3O2. The number of carbonyl (C=O) groups excluding carboxylic acids is 1. The van der Waals surface area contributed by atoms with Gasteiger partial charge < -0.3 is 0 Å². The first kappa shape index (κ1) is 16.7. The first-order chi connectivity index (χ1) is 13.2. The second-order valence-corrected chi connectivity index (χ2v) is 6.19. The lowest BCUT2D eigenvalue weighted by atomic mass is 10.1. The number of hydrogen-bond donors (Lipinski definition) is 0. The predicted octanol–water partition coefficient (Wildman–Crippen LogP) is 3.58. The molecule has 2 aromatic carbocycles. The van der Waals surface area contributed by atoms with Gasteiger partial charge in [0.15, 0.2) is 0 Å². The van der Waals surface area contributed by atoms with E-state index in [-0.39, 0.29) is 17.9 Å². The van der Waals surface area contributed by atoms with Gasteiger partial charge in [0.05, 0.1) is 12.6 Å². The summed E-state index contributed by atoms with van der Waals surface area (Å²) in [6, 6.07) is 22.2. The van der Waals surface area contributed by atoms with Crippen molar-refractivity contribution in [1.82, 2.24) is 14.3 Å². The molecule has 0 spiro atoms. The first-order valence-electron chi connectivity index (χ1n) is 8.61. The molecule has 0 saturated heterocycles. The largest absolute Gasteiger partial charge is 0.284 e. The smallest absolute Gasteiger partial charge is 0.255 e. The van der Waals surface area contributed by atoms with Crippen LogP contribution < -0.4 is 5.56 Å². The molecule has 5 nitrogen and oxygen atoms in total. The minimum absolute atomic E-state index is 0.108. The Hall–Kier alpha value is -3.73. The Morgan fingerprint density at radius 3 is 2.26 bits per heavy atom. The van der Waals surface area contributed by atoms with E-state index in [1.807, 2.05) is 60.7 Å². The van der Waals surface area contributed by atoms with Crippen LogP contribution in [0.5, 0.6) is 0 Å². The van der Waals surface area contributed by atoms with Crippen molar-refractivity contribution in [3.63, 3.8) is 0 Å². The maximum atomic E-state index is 12.4. The van der Waals surface area contributed by atoms with Crippen LogP contribution in [0.3, 0.4) is 0 Å². The summed E-state index contributed by atoms with van der Waals surface area (Å²) in [5.74, 6) is -0.108. The van der Waals surface area contributed by atoms with Gasteiger partial charge in [-0.3, -0.25) is 14.2 Å². The molecule has 4 rings (SSSR count). The van der Waals surface area contributed by atoms with Crippen LogP contribution in [0, 0.1) is 0 Å². The van der Waals surface area contributed by atoms with E-state index in [9.17, 15) is 9.59 Å². The Morgan fingerprint density at radius 1 is 0.815 bits per heavy atom. The summed E-state index contributed by atoms with van der Waals surface area (Å²) in [7, 11) is 0. The van der Waals surface area contributed by atoms with Crippen LogP contribution in [0.1, 0.15) is 10.4 Å². The highest BCUT2D eigenvalue weighted by atomic mass is 16.2. The third-order valence-corrected chi connectivity index (χ3v) is 4.32. The zero-order chi connectivity index (χ0) is 18.6. The molecule has 4 aromatic rings. The number of rotatable bonds is 4. The average Bonchev–Trinajstić information content (AvgIpc) is 3.20. The van der Waals surface area contributed by atoms with Crippen LogP contribution in [-0.2, 0) is 6.42 Å². The van der Waals surface area contributed by atoms with E-state index in [1.54, 1.807) is 29.2 Å². The van der Waals surface area contributed by atoms with E-state index >= 15 is 0 Å². The molecule has 0 atom stereocenters. The molecule has 0 saturated carbocycles. The number of carbonyl (C=O) groups is 1. The maximum Gasteiger partial charge on any atom is 0.255 e. The molecule has 2 aromatic heterocycles. The zero-order valence-corrected chi connectivity index (χ0v) is 14.5. The predicted molar refractivity (Wildman–Crippen MR) is 104 cm³/mol. The number of nitrogens with zero attached hydrogens (tertiary/aromatic N) is 3. The summed E-state index contributed by atoms with van der Waals surface area (Å²) in [5.41, 5.74) is 3.21. The summed E-state index contributed by atoms with van der Waals surface area (Å²) < 4.78 is 2.93. The molecule has 0 bridgehead atoms. The van der Waals surface area contributed by atoms with Crippen LogP contribution in [0.2, 0.25) is 0 Å². The molecule has 0 unspecified atom stereocenters. The number of hydrogen-bond acceptors (Lipinski definition) is 3. The van der Waals surface area contributed by atoms with Gasteiger partial charge in [-0.1, -0.05) is 48.5 Å². The van der Waals surface area contributed by atoms with E-state index in [0.717, 1.165) is 22.4 Å². The summed E-state index contributed by atoms with van der Waals surface area (Å²) in [4.78, 5) is 24.7.